The van der Waals surface area contributed by atoms with Crippen LogP contribution in [0.5, 0.6) is 0 Å². The Morgan fingerprint density at radius 1 is 1.50 bits per heavy atom. The Labute approximate surface area is 118 Å². The Bertz CT molecular complexity index is 357. The van der Waals surface area contributed by atoms with Crippen molar-refractivity contribution in [3.8, 4) is 0 Å². The minimum Gasteiger partial charge on any atom is -0.444 e. The van der Waals surface area contributed by atoms with E-state index < -0.39 is 36.4 Å². The Kier molecular flexibility index (Phi) is 5.88. The molecule has 20 heavy (non-hydrogen) atoms. The fourth-order valence-electron chi connectivity index (χ4n) is 2.10. The van der Waals surface area contributed by atoms with Crippen molar-refractivity contribution < 1.29 is 23.8 Å². The van der Waals surface area contributed by atoms with E-state index in [0.717, 1.165) is 0 Å². The highest BCUT2D eigenvalue weighted by Gasteiger charge is 2.32. The number of amides is 1. The Hall–Kier alpha value is -1.21. The lowest BCUT2D eigenvalue weighted by Gasteiger charge is -2.24. The van der Waals surface area contributed by atoms with Crippen molar-refractivity contribution in [1.82, 2.24) is 10.6 Å². The molecule has 0 aromatic rings. The predicted octanol–water partition coefficient (Wildman–Crippen LogP) is 0.736. The van der Waals surface area contributed by atoms with Crippen molar-refractivity contribution in [2.24, 2.45) is 5.92 Å². The van der Waals surface area contributed by atoms with Crippen LogP contribution in [0.1, 0.15) is 33.6 Å². The molecule has 0 saturated carbocycles. The van der Waals surface area contributed by atoms with Crippen LogP contribution in [0.2, 0.25) is 0 Å². The van der Waals surface area contributed by atoms with Gasteiger partial charge in [-0.2, -0.15) is 0 Å². The molecule has 3 N–H and O–H groups in total. The van der Waals surface area contributed by atoms with E-state index in [-0.39, 0.29) is 12.3 Å². The van der Waals surface area contributed by atoms with E-state index in [4.69, 9.17) is 4.74 Å². The molecule has 1 aliphatic heterocycles. The molecule has 1 rings (SSSR count). The molecule has 1 amide bonds. The minimum atomic E-state index is -1.16. The Morgan fingerprint density at radius 2 is 2.15 bits per heavy atom. The number of ketones is 1. The van der Waals surface area contributed by atoms with Crippen LogP contribution < -0.4 is 10.6 Å². The summed E-state index contributed by atoms with van der Waals surface area (Å²) in [7, 11) is 0. The largest absolute Gasteiger partial charge is 0.444 e. The molecule has 0 unspecified atom stereocenters. The van der Waals surface area contributed by atoms with Gasteiger partial charge in [0.05, 0.1) is 6.04 Å². The first kappa shape index (κ1) is 16.8. The molecule has 0 aromatic carbocycles. The maximum atomic E-state index is 12.6. The van der Waals surface area contributed by atoms with E-state index in [1.165, 1.54) is 0 Å². The van der Waals surface area contributed by atoms with Gasteiger partial charge in [0.1, 0.15) is 18.5 Å². The Balaban J connectivity index is 2.60. The van der Waals surface area contributed by atoms with E-state index in [9.17, 15) is 19.1 Å². The number of nitrogens with one attached hydrogen (secondary N) is 2. The molecule has 7 heteroatoms. The highest BCUT2D eigenvalue weighted by atomic mass is 19.1. The first-order chi connectivity index (χ1) is 9.23. The quantitative estimate of drug-likeness (QED) is 0.695. The number of alkyl carbamates (subject to hydrolysis) is 1. The number of carbonyl (C=O) groups is 2. The summed E-state index contributed by atoms with van der Waals surface area (Å²) in [5.41, 5.74) is -0.693. The molecule has 6 nitrogen and oxygen atoms in total. The molecule has 116 valence electrons. The van der Waals surface area contributed by atoms with Crippen LogP contribution in [-0.2, 0) is 9.53 Å². The van der Waals surface area contributed by atoms with Gasteiger partial charge in [-0.05, 0) is 40.2 Å². The van der Waals surface area contributed by atoms with Gasteiger partial charge in [0.2, 0.25) is 0 Å². The molecular formula is C13H23FN2O4. The van der Waals surface area contributed by atoms with Gasteiger partial charge in [0.15, 0.2) is 5.78 Å². The van der Waals surface area contributed by atoms with Crippen LogP contribution >= 0.6 is 0 Å². The van der Waals surface area contributed by atoms with Gasteiger partial charge < -0.3 is 15.2 Å². The summed E-state index contributed by atoms with van der Waals surface area (Å²) in [5.74, 6) is -0.902. The van der Waals surface area contributed by atoms with Crippen LogP contribution in [0.25, 0.3) is 0 Å². The van der Waals surface area contributed by atoms with Gasteiger partial charge >= 0.3 is 6.09 Å². The number of hydrogen-bond acceptors (Lipinski definition) is 5. The summed E-state index contributed by atoms with van der Waals surface area (Å²) in [6, 6.07) is -0.977. The lowest BCUT2D eigenvalue weighted by atomic mass is 9.95. The molecule has 0 aromatic heterocycles. The lowest BCUT2D eigenvalue weighted by Crippen LogP contribution is -2.46. The molecule has 0 radical (unpaired) electrons. The standard InChI is InChI=1S/C13H23FN2O4/c1-13(2,3)20-12(19)16-9(10(17)7-14)6-8-4-5-15-11(8)18/h8-9,11,15,18H,4-7H2,1-3H3,(H,16,19)/t8-,9-,11-/m0/s1. The molecule has 1 heterocycles. The lowest BCUT2D eigenvalue weighted by molar-refractivity contribution is -0.122. The van der Waals surface area contributed by atoms with Crippen LogP contribution in [0.4, 0.5) is 9.18 Å². The highest BCUT2D eigenvalue weighted by molar-refractivity contribution is 5.88. The van der Waals surface area contributed by atoms with Crippen LogP contribution in [0.15, 0.2) is 0 Å². The van der Waals surface area contributed by atoms with Crippen LogP contribution in [0, 0.1) is 5.92 Å². The zero-order valence-electron chi connectivity index (χ0n) is 12.1. The second kappa shape index (κ2) is 6.99. The second-order valence-electron chi connectivity index (χ2n) is 5.98. The SMILES string of the molecule is CC(C)(C)OC(=O)N[C@@H](C[C@@H]1CCN[C@H]1O)C(=O)CF. The number of ether oxygens (including phenoxy) is 1. The van der Waals surface area contributed by atoms with Crippen molar-refractivity contribution in [1.29, 1.82) is 0 Å². The van der Waals surface area contributed by atoms with E-state index in [1.54, 1.807) is 20.8 Å². The van der Waals surface area contributed by atoms with Gasteiger partial charge in [-0.25, -0.2) is 9.18 Å². The number of rotatable bonds is 5. The normalized spacial score (nSPS) is 24.2. The van der Waals surface area contributed by atoms with Crippen LogP contribution in [0.3, 0.4) is 0 Å². The van der Waals surface area contributed by atoms with E-state index in [2.05, 4.69) is 10.6 Å². The molecule has 1 aliphatic rings. The molecule has 3 atom stereocenters. The predicted molar refractivity (Wildman–Crippen MR) is 70.9 cm³/mol. The summed E-state index contributed by atoms with van der Waals surface area (Å²) >= 11 is 0. The zero-order valence-corrected chi connectivity index (χ0v) is 12.1. The monoisotopic (exact) mass is 290 g/mol. The molecule has 1 fully saturated rings. The average molecular weight is 290 g/mol. The Morgan fingerprint density at radius 3 is 2.60 bits per heavy atom. The maximum absolute atomic E-state index is 12.6. The van der Waals surface area contributed by atoms with Crippen molar-refractivity contribution in [3.05, 3.63) is 0 Å². The topological polar surface area (TPSA) is 87.7 Å². The second-order valence-corrected chi connectivity index (χ2v) is 5.98. The molecule has 0 bridgehead atoms. The number of carbonyl (C=O) groups excluding carboxylic acids is 2. The first-order valence-corrected chi connectivity index (χ1v) is 6.72. The van der Waals surface area contributed by atoms with E-state index in [1.807, 2.05) is 0 Å². The summed E-state index contributed by atoms with van der Waals surface area (Å²) in [4.78, 5) is 23.2. The fraction of sp³-hybridized carbons (Fsp3) is 0.846. The number of aliphatic hydroxyl groups excluding tert-OH is 1. The summed E-state index contributed by atoms with van der Waals surface area (Å²) in [5, 5.41) is 14.9. The van der Waals surface area contributed by atoms with Gasteiger partial charge in [-0.15, -0.1) is 0 Å². The summed E-state index contributed by atoms with van der Waals surface area (Å²) < 4.78 is 17.6. The van der Waals surface area contributed by atoms with Crippen LogP contribution in [-0.4, -0.2) is 48.1 Å². The van der Waals surface area contributed by atoms with Crippen molar-refractivity contribution >= 4 is 11.9 Å². The van der Waals surface area contributed by atoms with Crippen molar-refractivity contribution in [3.63, 3.8) is 0 Å². The smallest absolute Gasteiger partial charge is 0.408 e. The zero-order chi connectivity index (χ0) is 15.3. The molecular weight excluding hydrogens is 267 g/mol. The summed E-state index contributed by atoms with van der Waals surface area (Å²) in [6.45, 7) is 4.57. The number of alkyl halides is 1. The van der Waals surface area contributed by atoms with E-state index >= 15 is 0 Å². The fourth-order valence-corrected chi connectivity index (χ4v) is 2.10. The summed E-state index contributed by atoms with van der Waals surface area (Å²) in [6.07, 6.45) is -0.626. The number of halogens is 1. The molecule has 0 spiro atoms. The molecule has 1 saturated heterocycles. The highest BCUT2D eigenvalue weighted by Crippen LogP contribution is 2.20. The maximum Gasteiger partial charge on any atom is 0.408 e. The van der Waals surface area contributed by atoms with Gasteiger partial charge in [0, 0.05) is 5.92 Å². The van der Waals surface area contributed by atoms with Crippen molar-refractivity contribution in [2.45, 2.75) is 51.5 Å². The number of aliphatic hydroxyl groups is 1. The van der Waals surface area contributed by atoms with Gasteiger partial charge in [-0.3, -0.25) is 10.1 Å². The minimum absolute atomic E-state index is 0.189. The van der Waals surface area contributed by atoms with E-state index in [0.29, 0.717) is 13.0 Å². The number of Topliss-reactive ketones (excluding diaryl/α,β-unsaturated/α-hetero) is 1. The molecule has 0 aliphatic carbocycles. The third kappa shape index (κ3) is 5.42. The van der Waals surface area contributed by atoms with Gasteiger partial charge in [0.25, 0.3) is 0 Å². The van der Waals surface area contributed by atoms with Crippen molar-refractivity contribution in [2.75, 3.05) is 13.2 Å². The average Bonchev–Trinajstić information content (AvgIpc) is 2.70. The number of hydrogen-bond donors (Lipinski definition) is 3. The first-order valence-electron chi connectivity index (χ1n) is 6.72. The van der Waals surface area contributed by atoms with Gasteiger partial charge in [-0.1, -0.05) is 0 Å². The third-order valence-corrected chi connectivity index (χ3v) is 3.06. The third-order valence-electron chi connectivity index (χ3n) is 3.06.